The average Bonchev–Trinajstić information content (AvgIpc) is 3.88. The van der Waals surface area contributed by atoms with Gasteiger partial charge >= 0.3 is 6.09 Å². The van der Waals surface area contributed by atoms with Crippen LogP contribution in [-0.2, 0) is 19.5 Å². The Morgan fingerprint density at radius 1 is 0.918 bits per heavy atom. The van der Waals surface area contributed by atoms with E-state index in [4.69, 9.17) is 9.97 Å². The molecule has 3 aliphatic rings. The van der Waals surface area contributed by atoms with Gasteiger partial charge < -0.3 is 14.9 Å². The molecule has 1 unspecified atom stereocenters. The van der Waals surface area contributed by atoms with Gasteiger partial charge in [0.15, 0.2) is 5.13 Å². The van der Waals surface area contributed by atoms with Crippen LogP contribution in [0.15, 0.2) is 85.2 Å². The number of anilines is 3. The number of nitrogens with one attached hydrogen (secondary N) is 1. The molecule has 0 bridgehead atoms. The lowest BCUT2D eigenvalue weighted by Crippen LogP contribution is -2.42. The predicted molar refractivity (Wildman–Crippen MR) is 192 cm³/mol. The standard InChI is InChI=1S/C37H36N8O3S/c1-24-29(23-45(37(47)48)44(24)21-27-9-7-13-34(39-27)42-17-4-5-18-42)26-14-15-33(38-20-26)43-19-16-25-8-6-10-28(30(25)22-43)35(46)41-36-40-31-11-2-3-12-32(31)49-36/h2-3,6-15,20,23-24H,4-5,16-19,21-22H2,1H3,(H,47,48)(H,40,41,46). The van der Waals surface area contributed by atoms with Crippen molar-refractivity contribution >= 4 is 55.9 Å². The molecule has 49 heavy (non-hydrogen) atoms. The van der Waals surface area contributed by atoms with Gasteiger partial charge in [0.05, 0.1) is 28.5 Å². The van der Waals surface area contributed by atoms with Crippen molar-refractivity contribution in [1.82, 2.24) is 25.0 Å². The van der Waals surface area contributed by atoms with E-state index in [0.717, 1.165) is 88.7 Å². The van der Waals surface area contributed by atoms with E-state index in [1.807, 2.05) is 84.9 Å². The molecule has 8 rings (SSSR count). The molecule has 2 amide bonds. The highest BCUT2D eigenvalue weighted by atomic mass is 32.1. The molecule has 0 spiro atoms. The number of carbonyl (C=O) groups is 2. The van der Waals surface area contributed by atoms with Crippen molar-refractivity contribution < 1.29 is 14.7 Å². The molecule has 11 nitrogen and oxygen atoms in total. The number of hydrogen-bond donors (Lipinski definition) is 2. The first-order valence-electron chi connectivity index (χ1n) is 16.6. The number of carbonyl (C=O) groups excluding carboxylic acids is 1. The Morgan fingerprint density at radius 2 is 1.76 bits per heavy atom. The number of aromatic nitrogens is 3. The molecule has 0 aliphatic carbocycles. The van der Waals surface area contributed by atoms with Crippen LogP contribution < -0.4 is 15.1 Å². The van der Waals surface area contributed by atoms with E-state index in [1.54, 1.807) is 6.20 Å². The summed E-state index contributed by atoms with van der Waals surface area (Å²) < 4.78 is 1.03. The van der Waals surface area contributed by atoms with E-state index in [9.17, 15) is 14.7 Å². The zero-order valence-corrected chi connectivity index (χ0v) is 27.9. The number of hydrogen-bond acceptors (Lipinski definition) is 9. The van der Waals surface area contributed by atoms with E-state index in [1.165, 1.54) is 16.3 Å². The number of rotatable bonds is 7. The Kier molecular flexibility index (Phi) is 8.18. The van der Waals surface area contributed by atoms with Gasteiger partial charge in [-0.2, -0.15) is 5.01 Å². The zero-order valence-electron chi connectivity index (χ0n) is 27.1. The van der Waals surface area contributed by atoms with Crippen LogP contribution in [0.1, 0.15) is 52.5 Å². The fourth-order valence-electron chi connectivity index (χ4n) is 7.02. The summed E-state index contributed by atoms with van der Waals surface area (Å²) in [7, 11) is 0. The Hall–Kier alpha value is -5.33. The minimum absolute atomic E-state index is 0.172. The minimum Gasteiger partial charge on any atom is -0.464 e. The van der Waals surface area contributed by atoms with Crippen molar-refractivity contribution in [1.29, 1.82) is 0 Å². The number of pyridine rings is 2. The van der Waals surface area contributed by atoms with Crippen LogP contribution in [0.3, 0.4) is 0 Å². The van der Waals surface area contributed by atoms with Gasteiger partial charge in [0.1, 0.15) is 11.6 Å². The number of thiazole rings is 1. The molecule has 3 aromatic heterocycles. The van der Waals surface area contributed by atoms with Crippen molar-refractivity contribution in [3.8, 4) is 0 Å². The summed E-state index contributed by atoms with van der Waals surface area (Å²) in [5.41, 5.74) is 6.20. The predicted octanol–water partition coefficient (Wildman–Crippen LogP) is 6.64. The third-order valence-electron chi connectivity index (χ3n) is 9.61. The number of para-hydroxylation sites is 1. The lowest BCUT2D eigenvalue weighted by molar-refractivity contribution is 0.0209. The van der Waals surface area contributed by atoms with Crippen LogP contribution in [0.4, 0.5) is 21.6 Å². The van der Waals surface area contributed by atoms with Gasteiger partial charge in [0, 0.05) is 44.1 Å². The van der Waals surface area contributed by atoms with Crippen LogP contribution in [0.2, 0.25) is 0 Å². The van der Waals surface area contributed by atoms with Crippen LogP contribution in [0.5, 0.6) is 0 Å². The molecule has 1 saturated heterocycles. The van der Waals surface area contributed by atoms with Crippen LogP contribution in [-0.4, -0.2) is 67.8 Å². The average molecular weight is 673 g/mol. The lowest BCUT2D eigenvalue weighted by atomic mass is 9.94. The van der Waals surface area contributed by atoms with E-state index >= 15 is 0 Å². The molecular weight excluding hydrogens is 637 g/mol. The summed E-state index contributed by atoms with van der Waals surface area (Å²) in [6.07, 6.45) is 5.57. The topological polar surface area (TPSA) is 118 Å². The molecule has 1 atom stereocenters. The Labute approximate surface area is 288 Å². The maximum Gasteiger partial charge on any atom is 0.426 e. The van der Waals surface area contributed by atoms with E-state index in [-0.39, 0.29) is 11.9 Å². The molecule has 248 valence electrons. The SMILES string of the molecule is CC1C(c2ccc(N3CCc4cccc(C(=O)Nc5nc6ccccc6s5)c4C3)nc2)=CN(C(=O)O)N1Cc1cccc(N2CCCC2)n1. The first-order chi connectivity index (χ1) is 23.9. The van der Waals surface area contributed by atoms with Crippen molar-refractivity contribution in [2.24, 2.45) is 0 Å². The van der Waals surface area contributed by atoms with Gasteiger partial charge in [-0.05, 0) is 90.9 Å². The van der Waals surface area contributed by atoms with E-state index in [0.29, 0.717) is 23.8 Å². The van der Waals surface area contributed by atoms with Crippen molar-refractivity contribution in [3.63, 3.8) is 0 Å². The van der Waals surface area contributed by atoms with Crippen molar-refractivity contribution in [3.05, 3.63) is 113 Å². The van der Waals surface area contributed by atoms with E-state index < -0.39 is 6.09 Å². The minimum atomic E-state index is -1.04. The molecule has 1 fully saturated rings. The smallest absolute Gasteiger partial charge is 0.426 e. The first kappa shape index (κ1) is 31.0. The fraction of sp³-hybridized carbons (Fsp3) is 0.270. The molecule has 3 aliphatic heterocycles. The maximum absolute atomic E-state index is 13.5. The summed E-state index contributed by atoms with van der Waals surface area (Å²) in [5, 5.41) is 16.8. The molecule has 0 radical (unpaired) electrons. The largest absolute Gasteiger partial charge is 0.464 e. The number of carboxylic acid groups (broad SMARTS) is 1. The van der Waals surface area contributed by atoms with Crippen LogP contribution in [0.25, 0.3) is 15.8 Å². The number of amides is 2. The highest BCUT2D eigenvalue weighted by Gasteiger charge is 2.35. The quantitative estimate of drug-likeness (QED) is 0.196. The molecule has 0 saturated carbocycles. The Morgan fingerprint density at radius 3 is 2.55 bits per heavy atom. The molecule has 2 aromatic carbocycles. The zero-order chi connectivity index (χ0) is 33.5. The van der Waals surface area contributed by atoms with E-state index in [2.05, 4.69) is 26.2 Å². The van der Waals surface area contributed by atoms with Gasteiger partial charge in [0.2, 0.25) is 0 Å². The second-order valence-electron chi connectivity index (χ2n) is 12.6. The van der Waals surface area contributed by atoms with Gasteiger partial charge in [-0.15, -0.1) is 0 Å². The monoisotopic (exact) mass is 672 g/mol. The second kappa shape index (κ2) is 12.9. The highest BCUT2D eigenvalue weighted by molar-refractivity contribution is 7.22. The molecule has 5 aromatic rings. The van der Waals surface area contributed by atoms with Crippen LogP contribution >= 0.6 is 11.3 Å². The summed E-state index contributed by atoms with van der Waals surface area (Å²) >= 11 is 1.46. The lowest BCUT2D eigenvalue weighted by Gasteiger charge is -2.31. The molecular formula is C37H36N8O3S. The van der Waals surface area contributed by atoms with Gasteiger partial charge in [0.25, 0.3) is 5.91 Å². The highest BCUT2D eigenvalue weighted by Crippen LogP contribution is 2.34. The number of nitrogens with zero attached hydrogens (tertiary/aromatic N) is 7. The molecule has 2 N–H and O–H groups in total. The Balaban J connectivity index is 0.978. The summed E-state index contributed by atoms with van der Waals surface area (Å²) in [6, 6.07) is 23.5. The van der Waals surface area contributed by atoms with Crippen LogP contribution in [0, 0.1) is 0 Å². The summed E-state index contributed by atoms with van der Waals surface area (Å²) in [6.45, 7) is 5.69. The number of hydrazine groups is 1. The second-order valence-corrected chi connectivity index (χ2v) is 13.7. The first-order valence-corrected chi connectivity index (χ1v) is 17.4. The third-order valence-corrected chi connectivity index (χ3v) is 10.6. The summed E-state index contributed by atoms with van der Waals surface area (Å²) in [4.78, 5) is 44.6. The fourth-order valence-corrected chi connectivity index (χ4v) is 7.88. The van der Waals surface area contributed by atoms with Crippen molar-refractivity contribution in [2.75, 3.05) is 34.8 Å². The maximum atomic E-state index is 13.5. The third kappa shape index (κ3) is 6.09. The van der Waals surface area contributed by atoms with Gasteiger partial charge in [-0.1, -0.05) is 41.7 Å². The number of fused-ring (bicyclic) bond motifs is 2. The Bertz CT molecular complexity index is 2040. The van der Waals surface area contributed by atoms with Crippen molar-refractivity contribution in [2.45, 2.75) is 45.3 Å². The number of benzene rings is 2. The molecule has 12 heteroatoms. The molecule has 6 heterocycles. The normalized spacial score (nSPS) is 17.8. The summed E-state index contributed by atoms with van der Waals surface area (Å²) in [5.74, 6) is 1.57. The van der Waals surface area contributed by atoms with Gasteiger partial charge in [-0.3, -0.25) is 10.1 Å². The van der Waals surface area contributed by atoms with Gasteiger partial charge in [-0.25, -0.2) is 24.8 Å².